The number of amides is 1. The van der Waals surface area contributed by atoms with E-state index in [0.29, 0.717) is 23.8 Å². The minimum atomic E-state index is 0.0512. The minimum Gasteiger partial charge on any atom is -0.322 e. The maximum absolute atomic E-state index is 12.7. The number of nitrogens with zero attached hydrogens (tertiary/aromatic N) is 1. The molecule has 0 aromatic heterocycles. The van der Waals surface area contributed by atoms with Gasteiger partial charge in [0.2, 0.25) is 5.91 Å². The molecule has 3 nitrogen and oxygen atoms in total. The van der Waals surface area contributed by atoms with E-state index in [2.05, 4.69) is 44.8 Å². The Morgan fingerprint density at radius 1 is 1.32 bits per heavy atom. The van der Waals surface area contributed by atoms with Gasteiger partial charge in [0, 0.05) is 6.04 Å². The lowest BCUT2D eigenvalue weighted by atomic mass is 10.0. The monoisotopic (exact) mass is 266 g/mol. The molecule has 1 N–H and O–H groups in total. The average molecular weight is 266 g/mol. The van der Waals surface area contributed by atoms with Gasteiger partial charge in [-0.1, -0.05) is 41.0 Å². The van der Waals surface area contributed by atoms with Gasteiger partial charge in [-0.05, 0) is 37.0 Å². The molecule has 19 heavy (non-hydrogen) atoms. The molecule has 1 saturated heterocycles. The number of hydrogen-bond donors (Lipinski definition) is 1. The third kappa shape index (κ3) is 3.13. The molecule has 0 bridgehead atoms. The van der Waals surface area contributed by atoms with Gasteiger partial charge in [-0.25, -0.2) is 0 Å². The zero-order chi connectivity index (χ0) is 14.2. The fraction of sp³-hybridized carbons (Fsp3) is 0.938. The Hall–Kier alpha value is -0.570. The van der Waals surface area contributed by atoms with Crippen molar-refractivity contribution in [1.29, 1.82) is 0 Å². The van der Waals surface area contributed by atoms with Crippen LogP contribution in [0.2, 0.25) is 0 Å². The van der Waals surface area contributed by atoms with Crippen LogP contribution in [-0.2, 0) is 4.79 Å². The first kappa shape index (κ1) is 14.8. The Labute approximate surface area is 118 Å². The van der Waals surface area contributed by atoms with E-state index < -0.39 is 0 Å². The summed E-state index contributed by atoms with van der Waals surface area (Å²) >= 11 is 0. The average Bonchev–Trinajstić information content (AvgIpc) is 2.98. The standard InChI is InChI=1S/C16H30N2O/c1-6-7-12-9-14(12)18-15(11(4)5)17-13(16(18)19)8-10(2)3/h10-15,17H,6-9H2,1-5H3. The highest BCUT2D eigenvalue weighted by Gasteiger charge is 2.51. The second-order valence-electron chi connectivity index (χ2n) is 7.13. The molecule has 2 aliphatic rings. The van der Waals surface area contributed by atoms with Gasteiger partial charge in [0.15, 0.2) is 0 Å². The van der Waals surface area contributed by atoms with Crippen molar-refractivity contribution in [3.63, 3.8) is 0 Å². The molecule has 1 aliphatic heterocycles. The SMILES string of the molecule is CCCC1CC1N1C(=O)C(CC(C)C)NC1C(C)C. The number of hydrogen-bond acceptors (Lipinski definition) is 2. The van der Waals surface area contributed by atoms with Gasteiger partial charge >= 0.3 is 0 Å². The molecule has 4 unspecified atom stereocenters. The van der Waals surface area contributed by atoms with Gasteiger partial charge < -0.3 is 4.90 Å². The van der Waals surface area contributed by atoms with Gasteiger partial charge in [-0.2, -0.15) is 0 Å². The third-order valence-corrected chi connectivity index (χ3v) is 4.46. The summed E-state index contributed by atoms with van der Waals surface area (Å²) in [5.41, 5.74) is 0. The number of rotatable bonds is 6. The van der Waals surface area contributed by atoms with Crippen molar-refractivity contribution < 1.29 is 4.79 Å². The van der Waals surface area contributed by atoms with E-state index in [1.165, 1.54) is 19.3 Å². The molecular formula is C16H30N2O. The fourth-order valence-corrected chi connectivity index (χ4v) is 3.45. The van der Waals surface area contributed by atoms with Crippen LogP contribution < -0.4 is 5.32 Å². The molecule has 0 aromatic carbocycles. The van der Waals surface area contributed by atoms with Crippen molar-refractivity contribution in [2.45, 2.75) is 78.6 Å². The van der Waals surface area contributed by atoms with Crippen LogP contribution in [0.4, 0.5) is 0 Å². The van der Waals surface area contributed by atoms with Gasteiger partial charge in [0.1, 0.15) is 0 Å². The first-order valence-corrected chi connectivity index (χ1v) is 8.03. The van der Waals surface area contributed by atoms with Crippen molar-refractivity contribution in [3.8, 4) is 0 Å². The lowest BCUT2D eigenvalue weighted by molar-refractivity contribution is -0.131. The highest BCUT2D eigenvalue weighted by atomic mass is 16.2. The maximum atomic E-state index is 12.7. The number of carbonyl (C=O) groups excluding carboxylic acids is 1. The predicted octanol–water partition coefficient (Wildman–Crippen LogP) is 3.00. The normalized spacial score (nSPS) is 34.7. The Kier molecular flexibility index (Phi) is 4.54. The van der Waals surface area contributed by atoms with Crippen LogP contribution in [-0.4, -0.2) is 29.1 Å². The summed E-state index contributed by atoms with van der Waals surface area (Å²) in [5.74, 6) is 2.18. The summed E-state index contributed by atoms with van der Waals surface area (Å²) < 4.78 is 0. The maximum Gasteiger partial charge on any atom is 0.241 e. The van der Waals surface area contributed by atoms with Crippen molar-refractivity contribution in [3.05, 3.63) is 0 Å². The van der Waals surface area contributed by atoms with Crippen LogP contribution in [0.5, 0.6) is 0 Å². The molecule has 3 heteroatoms. The summed E-state index contributed by atoms with van der Waals surface area (Å²) in [5, 5.41) is 3.58. The quantitative estimate of drug-likeness (QED) is 0.801. The summed E-state index contributed by atoms with van der Waals surface area (Å²) in [6, 6.07) is 0.569. The molecule has 0 radical (unpaired) electrons. The molecule has 0 spiro atoms. The lowest BCUT2D eigenvalue weighted by Crippen LogP contribution is -2.43. The third-order valence-electron chi connectivity index (χ3n) is 4.46. The summed E-state index contributed by atoms with van der Waals surface area (Å²) in [4.78, 5) is 14.8. The Bertz CT molecular complexity index is 327. The van der Waals surface area contributed by atoms with Crippen molar-refractivity contribution >= 4 is 5.91 Å². The predicted molar refractivity (Wildman–Crippen MR) is 78.7 cm³/mol. The van der Waals surface area contributed by atoms with Crippen LogP contribution in [0.15, 0.2) is 0 Å². The first-order chi connectivity index (χ1) is 8.95. The smallest absolute Gasteiger partial charge is 0.241 e. The highest BCUT2D eigenvalue weighted by Crippen LogP contribution is 2.42. The Morgan fingerprint density at radius 2 is 2.00 bits per heavy atom. The largest absolute Gasteiger partial charge is 0.322 e. The second-order valence-corrected chi connectivity index (χ2v) is 7.13. The number of nitrogens with one attached hydrogen (secondary N) is 1. The van der Waals surface area contributed by atoms with Crippen LogP contribution in [0, 0.1) is 17.8 Å². The Balaban J connectivity index is 2.04. The van der Waals surface area contributed by atoms with Gasteiger partial charge in [-0.3, -0.25) is 10.1 Å². The fourth-order valence-electron chi connectivity index (χ4n) is 3.45. The van der Waals surface area contributed by atoms with E-state index >= 15 is 0 Å². The highest BCUT2D eigenvalue weighted by molar-refractivity contribution is 5.85. The molecule has 0 aromatic rings. The van der Waals surface area contributed by atoms with Crippen molar-refractivity contribution in [2.75, 3.05) is 0 Å². The van der Waals surface area contributed by atoms with E-state index in [4.69, 9.17) is 0 Å². The zero-order valence-corrected chi connectivity index (χ0v) is 13.1. The molecule has 1 amide bonds. The van der Waals surface area contributed by atoms with E-state index in [1.54, 1.807) is 0 Å². The van der Waals surface area contributed by atoms with Crippen LogP contribution in [0.25, 0.3) is 0 Å². The van der Waals surface area contributed by atoms with Crippen molar-refractivity contribution in [1.82, 2.24) is 10.2 Å². The number of carbonyl (C=O) groups is 1. The van der Waals surface area contributed by atoms with Gasteiger partial charge in [-0.15, -0.1) is 0 Å². The summed E-state index contributed by atoms with van der Waals surface area (Å²) in [6.07, 6.45) is 4.94. The van der Waals surface area contributed by atoms with Crippen LogP contribution in [0.3, 0.4) is 0 Å². The van der Waals surface area contributed by atoms with Gasteiger partial charge in [0.05, 0.1) is 12.2 Å². The van der Waals surface area contributed by atoms with E-state index in [0.717, 1.165) is 12.3 Å². The molecule has 1 saturated carbocycles. The molecule has 2 fully saturated rings. The topological polar surface area (TPSA) is 32.3 Å². The molecule has 110 valence electrons. The summed E-state index contributed by atoms with van der Waals surface area (Å²) in [6.45, 7) is 11.1. The molecule has 1 heterocycles. The van der Waals surface area contributed by atoms with E-state index in [9.17, 15) is 4.79 Å². The first-order valence-electron chi connectivity index (χ1n) is 8.03. The Morgan fingerprint density at radius 3 is 2.53 bits per heavy atom. The molecule has 1 aliphatic carbocycles. The van der Waals surface area contributed by atoms with E-state index in [1.807, 2.05) is 0 Å². The summed E-state index contributed by atoms with van der Waals surface area (Å²) in [7, 11) is 0. The van der Waals surface area contributed by atoms with Crippen LogP contribution >= 0.6 is 0 Å². The van der Waals surface area contributed by atoms with E-state index in [-0.39, 0.29) is 12.2 Å². The lowest BCUT2D eigenvalue weighted by Gasteiger charge is -2.27. The second kappa shape index (κ2) is 5.82. The molecule has 4 atom stereocenters. The molecule has 2 rings (SSSR count). The van der Waals surface area contributed by atoms with Gasteiger partial charge in [0.25, 0.3) is 0 Å². The molecular weight excluding hydrogens is 236 g/mol. The zero-order valence-electron chi connectivity index (χ0n) is 13.1. The minimum absolute atomic E-state index is 0.0512. The van der Waals surface area contributed by atoms with Crippen molar-refractivity contribution in [2.24, 2.45) is 17.8 Å². The van der Waals surface area contributed by atoms with Crippen LogP contribution in [0.1, 0.15) is 60.3 Å².